The van der Waals surface area contributed by atoms with E-state index in [2.05, 4.69) is 17.3 Å². The predicted octanol–water partition coefficient (Wildman–Crippen LogP) is 3.28. The van der Waals surface area contributed by atoms with Gasteiger partial charge in [0.25, 0.3) is 0 Å². The van der Waals surface area contributed by atoms with Crippen LogP contribution in [0.1, 0.15) is 44.9 Å². The van der Waals surface area contributed by atoms with E-state index in [4.69, 9.17) is 0 Å². The van der Waals surface area contributed by atoms with Crippen molar-refractivity contribution >= 4 is 0 Å². The van der Waals surface area contributed by atoms with Crippen LogP contribution < -0.4 is 0 Å². The first-order valence-electron chi connectivity index (χ1n) is 6.57. The Balaban J connectivity index is 0.00000225. The molecule has 0 amide bonds. The Kier molecular flexibility index (Phi) is 11.0. The van der Waals surface area contributed by atoms with Crippen molar-refractivity contribution in [1.29, 1.82) is 0 Å². The molecule has 0 atom stereocenters. The Morgan fingerprint density at radius 3 is 2.44 bits per heavy atom. The van der Waals surface area contributed by atoms with Crippen LogP contribution in [0.5, 0.6) is 0 Å². The third-order valence-corrected chi connectivity index (χ3v) is 3.47. The first kappa shape index (κ1) is 16.5. The SMILES string of the molecule is C[N-]CCCCN(C)CC1CCCCC1.[V]. The van der Waals surface area contributed by atoms with Crippen LogP contribution in [0.4, 0.5) is 0 Å². The van der Waals surface area contributed by atoms with Crippen molar-refractivity contribution in [1.82, 2.24) is 4.90 Å². The molecule has 0 bridgehead atoms. The van der Waals surface area contributed by atoms with Crippen LogP contribution >= 0.6 is 0 Å². The summed E-state index contributed by atoms with van der Waals surface area (Å²) in [6, 6.07) is 0. The van der Waals surface area contributed by atoms with Gasteiger partial charge in [0.05, 0.1) is 0 Å². The Morgan fingerprint density at radius 1 is 1.12 bits per heavy atom. The molecule has 0 aromatic rings. The van der Waals surface area contributed by atoms with Crippen LogP contribution in [0.25, 0.3) is 5.32 Å². The van der Waals surface area contributed by atoms with Crippen molar-refractivity contribution < 1.29 is 18.6 Å². The molecule has 1 aliphatic rings. The maximum Gasteiger partial charge on any atom is 0.000660 e. The molecular formula is C13H27N2V-. The molecule has 1 radical (unpaired) electrons. The molecule has 1 fully saturated rings. The zero-order chi connectivity index (χ0) is 10.9. The summed E-state index contributed by atoms with van der Waals surface area (Å²) in [5.74, 6) is 0.986. The summed E-state index contributed by atoms with van der Waals surface area (Å²) >= 11 is 0. The fourth-order valence-corrected chi connectivity index (χ4v) is 2.55. The molecule has 0 aromatic carbocycles. The molecule has 0 unspecified atom stereocenters. The van der Waals surface area contributed by atoms with Gasteiger partial charge < -0.3 is 10.2 Å². The Morgan fingerprint density at radius 2 is 1.81 bits per heavy atom. The maximum atomic E-state index is 4.13. The Hall–Kier alpha value is 0.504. The van der Waals surface area contributed by atoms with Gasteiger partial charge in [0, 0.05) is 25.1 Å². The second kappa shape index (κ2) is 10.6. The second-order valence-corrected chi connectivity index (χ2v) is 5.01. The van der Waals surface area contributed by atoms with Crippen LogP contribution in [0.15, 0.2) is 0 Å². The number of hydrogen-bond acceptors (Lipinski definition) is 1. The minimum absolute atomic E-state index is 0. The van der Waals surface area contributed by atoms with E-state index in [1.165, 1.54) is 58.0 Å². The van der Waals surface area contributed by atoms with E-state index < -0.39 is 0 Å². The van der Waals surface area contributed by atoms with Crippen molar-refractivity contribution in [3.63, 3.8) is 0 Å². The van der Waals surface area contributed by atoms with Gasteiger partial charge in [-0.2, -0.15) is 7.05 Å². The number of rotatable bonds is 7. The molecule has 0 heterocycles. The van der Waals surface area contributed by atoms with Crippen molar-refractivity contribution in [2.75, 3.05) is 33.7 Å². The molecule has 0 aliphatic heterocycles. The third-order valence-electron chi connectivity index (χ3n) is 3.47. The zero-order valence-corrected chi connectivity index (χ0v) is 12.4. The molecule has 0 spiro atoms. The van der Waals surface area contributed by atoms with E-state index in [-0.39, 0.29) is 18.6 Å². The first-order chi connectivity index (χ1) is 7.33. The Labute approximate surface area is 113 Å². The van der Waals surface area contributed by atoms with Gasteiger partial charge in [0.15, 0.2) is 0 Å². The number of hydrogen-bond donors (Lipinski definition) is 0. The van der Waals surface area contributed by atoms with Gasteiger partial charge in [-0.15, -0.1) is 6.54 Å². The van der Waals surface area contributed by atoms with Gasteiger partial charge in [-0.25, -0.2) is 0 Å². The Bertz CT molecular complexity index is 147. The van der Waals surface area contributed by atoms with E-state index in [1.807, 2.05) is 7.05 Å². The van der Waals surface area contributed by atoms with Gasteiger partial charge in [-0.05, 0) is 38.8 Å². The van der Waals surface area contributed by atoms with E-state index in [0.717, 1.165) is 12.5 Å². The summed E-state index contributed by atoms with van der Waals surface area (Å²) in [6.07, 6.45) is 9.90. The second-order valence-electron chi connectivity index (χ2n) is 5.01. The fourth-order valence-electron chi connectivity index (χ4n) is 2.55. The molecular weight excluding hydrogens is 235 g/mol. The number of nitrogens with zero attached hydrogens (tertiary/aromatic N) is 2. The summed E-state index contributed by atoms with van der Waals surface area (Å²) in [5, 5.41) is 4.13. The van der Waals surface area contributed by atoms with Gasteiger partial charge in [0.2, 0.25) is 0 Å². The van der Waals surface area contributed by atoms with Gasteiger partial charge in [-0.3, -0.25) is 0 Å². The average Bonchev–Trinajstić information content (AvgIpc) is 2.26. The molecule has 1 rings (SSSR count). The normalized spacial score (nSPS) is 17.4. The minimum Gasteiger partial charge on any atom is -0.665 e. The van der Waals surface area contributed by atoms with Crippen LogP contribution in [-0.2, 0) is 18.6 Å². The van der Waals surface area contributed by atoms with Crippen molar-refractivity contribution in [2.24, 2.45) is 5.92 Å². The predicted molar refractivity (Wildman–Crippen MR) is 67.5 cm³/mol. The standard InChI is InChI=1S/C13H27N2.V/c1-14-10-6-7-11-15(2)12-13-8-4-3-5-9-13;/h13H,3-12H2,1-2H3;/q-1;. The van der Waals surface area contributed by atoms with Gasteiger partial charge >= 0.3 is 0 Å². The van der Waals surface area contributed by atoms with Crippen molar-refractivity contribution in [2.45, 2.75) is 44.9 Å². The van der Waals surface area contributed by atoms with Crippen LogP contribution in [0.3, 0.4) is 0 Å². The molecule has 0 saturated heterocycles. The summed E-state index contributed by atoms with van der Waals surface area (Å²) in [4.78, 5) is 2.52. The first-order valence-corrected chi connectivity index (χ1v) is 6.57. The molecule has 2 nitrogen and oxygen atoms in total. The molecule has 95 valence electrons. The van der Waals surface area contributed by atoms with Gasteiger partial charge in [-0.1, -0.05) is 25.7 Å². The average molecular weight is 262 g/mol. The summed E-state index contributed by atoms with van der Waals surface area (Å²) in [5.41, 5.74) is 0. The molecule has 1 aliphatic carbocycles. The third kappa shape index (κ3) is 7.73. The molecule has 1 saturated carbocycles. The topological polar surface area (TPSA) is 17.3 Å². The van der Waals surface area contributed by atoms with Crippen LogP contribution in [-0.4, -0.2) is 38.6 Å². The fraction of sp³-hybridized carbons (Fsp3) is 1.00. The van der Waals surface area contributed by atoms with Crippen molar-refractivity contribution in [3.8, 4) is 0 Å². The molecule has 3 heteroatoms. The minimum atomic E-state index is 0. The molecule has 16 heavy (non-hydrogen) atoms. The zero-order valence-electron chi connectivity index (χ0n) is 11.0. The molecule has 0 N–H and O–H groups in total. The molecule has 0 aromatic heterocycles. The van der Waals surface area contributed by atoms with E-state index in [0.29, 0.717) is 0 Å². The monoisotopic (exact) mass is 262 g/mol. The van der Waals surface area contributed by atoms with E-state index in [1.54, 1.807) is 0 Å². The quantitative estimate of drug-likeness (QED) is 0.644. The number of unbranched alkanes of at least 4 members (excludes halogenated alkanes) is 1. The summed E-state index contributed by atoms with van der Waals surface area (Å²) in [7, 11) is 4.18. The van der Waals surface area contributed by atoms with Crippen LogP contribution in [0.2, 0.25) is 0 Å². The largest absolute Gasteiger partial charge is 0.665 e. The maximum absolute atomic E-state index is 4.13. The smallest absolute Gasteiger partial charge is 0.000660 e. The van der Waals surface area contributed by atoms with Crippen LogP contribution in [0, 0.1) is 5.92 Å². The van der Waals surface area contributed by atoms with Crippen molar-refractivity contribution in [3.05, 3.63) is 5.32 Å². The van der Waals surface area contributed by atoms with E-state index in [9.17, 15) is 0 Å². The van der Waals surface area contributed by atoms with E-state index >= 15 is 0 Å². The summed E-state index contributed by atoms with van der Waals surface area (Å²) < 4.78 is 0. The van der Waals surface area contributed by atoms with Gasteiger partial charge in [0.1, 0.15) is 0 Å². The summed E-state index contributed by atoms with van der Waals surface area (Å²) in [6.45, 7) is 3.62.